The summed E-state index contributed by atoms with van der Waals surface area (Å²) in [7, 11) is 0. The second-order valence-corrected chi connectivity index (χ2v) is 5.06. The van der Waals surface area contributed by atoms with Gasteiger partial charge in [-0.2, -0.15) is 0 Å². The highest BCUT2D eigenvalue weighted by molar-refractivity contribution is 7.99. The topological polar surface area (TPSA) is 38.9 Å². The first kappa shape index (κ1) is 12.5. The fourth-order valence-electron chi connectivity index (χ4n) is 1.28. The first-order chi connectivity index (χ1) is 8.29. The standard InChI is InChI=1S/C12H13ClN2OS/c1-2-3-8-17-12-15-14-11(16-12)9-4-6-10(13)7-5-9/h4-7H,2-3,8H2,1H3. The monoisotopic (exact) mass is 268 g/mol. The Hall–Kier alpha value is -1.00. The number of unbranched alkanes of at least 4 members (excludes halogenated alkanes) is 1. The summed E-state index contributed by atoms with van der Waals surface area (Å²) in [6.45, 7) is 2.16. The summed E-state index contributed by atoms with van der Waals surface area (Å²) in [4.78, 5) is 0. The number of rotatable bonds is 5. The van der Waals surface area contributed by atoms with Crippen LogP contribution in [0.2, 0.25) is 5.02 Å². The second-order valence-electron chi connectivity index (χ2n) is 3.58. The van der Waals surface area contributed by atoms with Crippen LogP contribution in [0.25, 0.3) is 11.5 Å². The van der Waals surface area contributed by atoms with Gasteiger partial charge in [0.1, 0.15) is 0 Å². The molecule has 0 aliphatic heterocycles. The summed E-state index contributed by atoms with van der Waals surface area (Å²) >= 11 is 7.42. The molecular weight excluding hydrogens is 256 g/mol. The largest absolute Gasteiger partial charge is 0.411 e. The molecule has 0 atom stereocenters. The van der Waals surface area contributed by atoms with Gasteiger partial charge in [-0.1, -0.05) is 36.7 Å². The van der Waals surface area contributed by atoms with Crippen LogP contribution in [-0.2, 0) is 0 Å². The third-order valence-electron chi connectivity index (χ3n) is 2.22. The van der Waals surface area contributed by atoms with Crippen molar-refractivity contribution in [1.82, 2.24) is 10.2 Å². The molecule has 17 heavy (non-hydrogen) atoms. The van der Waals surface area contributed by atoms with Crippen LogP contribution in [0.5, 0.6) is 0 Å². The molecule has 1 aromatic heterocycles. The molecule has 0 aliphatic carbocycles. The van der Waals surface area contributed by atoms with Gasteiger partial charge in [0.15, 0.2) is 0 Å². The summed E-state index contributed by atoms with van der Waals surface area (Å²) in [5.74, 6) is 1.55. The molecule has 0 unspecified atom stereocenters. The van der Waals surface area contributed by atoms with E-state index in [0.29, 0.717) is 16.1 Å². The third kappa shape index (κ3) is 3.48. The van der Waals surface area contributed by atoms with Gasteiger partial charge >= 0.3 is 0 Å². The van der Waals surface area contributed by atoms with E-state index in [0.717, 1.165) is 17.7 Å². The van der Waals surface area contributed by atoms with Gasteiger partial charge in [-0.15, -0.1) is 10.2 Å². The van der Waals surface area contributed by atoms with Gasteiger partial charge in [-0.05, 0) is 30.7 Å². The zero-order valence-corrected chi connectivity index (χ0v) is 11.1. The minimum Gasteiger partial charge on any atom is -0.411 e. The van der Waals surface area contributed by atoms with Crippen LogP contribution < -0.4 is 0 Å². The van der Waals surface area contributed by atoms with E-state index >= 15 is 0 Å². The fraction of sp³-hybridized carbons (Fsp3) is 0.333. The number of nitrogens with zero attached hydrogens (tertiary/aromatic N) is 2. The molecule has 0 bridgehead atoms. The summed E-state index contributed by atoms with van der Waals surface area (Å²) in [5.41, 5.74) is 0.893. The van der Waals surface area contributed by atoms with Crippen molar-refractivity contribution in [3.8, 4) is 11.5 Å². The number of halogens is 1. The van der Waals surface area contributed by atoms with E-state index < -0.39 is 0 Å². The molecule has 5 heteroatoms. The molecule has 0 fully saturated rings. The lowest BCUT2D eigenvalue weighted by Crippen LogP contribution is -1.77. The van der Waals surface area contributed by atoms with Crippen molar-refractivity contribution < 1.29 is 4.42 Å². The van der Waals surface area contributed by atoms with E-state index in [1.807, 2.05) is 24.3 Å². The average Bonchev–Trinajstić information content (AvgIpc) is 2.79. The van der Waals surface area contributed by atoms with Crippen LogP contribution in [0.1, 0.15) is 19.8 Å². The quantitative estimate of drug-likeness (QED) is 0.599. The molecule has 0 saturated heterocycles. The Morgan fingerprint density at radius 3 is 2.71 bits per heavy atom. The summed E-state index contributed by atoms with van der Waals surface area (Å²) < 4.78 is 5.55. The van der Waals surface area contributed by atoms with E-state index in [-0.39, 0.29) is 0 Å². The number of benzene rings is 1. The van der Waals surface area contributed by atoms with Gasteiger partial charge in [0, 0.05) is 16.3 Å². The van der Waals surface area contributed by atoms with Crippen LogP contribution in [0.15, 0.2) is 33.9 Å². The molecule has 90 valence electrons. The molecular formula is C12H13ClN2OS. The third-order valence-corrected chi connectivity index (χ3v) is 3.38. The summed E-state index contributed by atoms with van der Waals surface area (Å²) in [5, 5.41) is 9.34. The predicted octanol–water partition coefficient (Wildman–Crippen LogP) is 4.28. The fourth-order valence-corrected chi connectivity index (χ4v) is 2.25. The maximum atomic E-state index is 5.82. The molecule has 1 heterocycles. The Kier molecular flexibility index (Phi) is 4.45. The maximum absolute atomic E-state index is 5.82. The lowest BCUT2D eigenvalue weighted by molar-refractivity contribution is 0.466. The van der Waals surface area contributed by atoms with E-state index in [2.05, 4.69) is 17.1 Å². The molecule has 2 rings (SSSR count). The summed E-state index contributed by atoms with van der Waals surface area (Å²) in [6.07, 6.45) is 2.33. The molecule has 2 aromatic rings. The van der Waals surface area contributed by atoms with Gasteiger partial charge in [0.25, 0.3) is 5.22 Å². The molecule has 0 saturated carbocycles. The molecule has 0 aliphatic rings. The first-order valence-corrected chi connectivity index (χ1v) is 6.88. The maximum Gasteiger partial charge on any atom is 0.276 e. The van der Waals surface area contributed by atoms with Gasteiger partial charge in [-0.25, -0.2) is 0 Å². The zero-order valence-electron chi connectivity index (χ0n) is 9.52. The Labute approximate surface area is 110 Å². The Bertz CT molecular complexity index is 470. The number of aromatic nitrogens is 2. The Morgan fingerprint density at radius 2 is 2.00 bits per heavy atom. The van der Waals surface area contributed by atoms with E-state index in [4.69, 9.17) is 16.0 Å². The lowest BCUT2D eigenvalue weighted by Gasteiger charge is -1.94. The van der Waals surface area contributed by atoms with Crippen LogP contribution in [0, 0.1) is 0 Å². The van der Waals surface area contributed by atoms with Crippen molar-refractivity contribution in [1.29, 1.82) is 0 Å². The van der Waals surface area contributed by atoms with Gasteiger partial charge in [0.05, 0.1) is 0 Å². The molecule has 0 N–H and O–H groups in total. The van der Waals surface area contributed by atoms with E-state index in [9.17, 15) is 0 Å². The smallest absolute Gasteiger partial charge is 0.276 e. The normalized spacial score (nSPS) is 10.7. The van der Waals surface area contributed by atoms with Crippen molar-refractivity contribution in [3.63, 3.8) is 0 Å². The van der Waals surface area contributed by atoms with Crippen LogP contribution in [-0.4, -0.2) is 16.0 Å². The SMILES string of the molecule is CCCCSc1nnc(-c2ccc(Cl)cc2)o1. The molecule has 0 radical (unpaired) electrons. The van der Waals surface area contributed by atoms with Crippen molar-refractivity contribution >= 4 is 23.4 Å². The van der Waals surface area contributed by atoms with Crippen LogP contribution >= 0.6 is 23.4 Å². The molecule has 1 aromatic carbocycles. The number of hydrogen-bond donors (Lipinski definition) is 0. The van der Waals surface area contributed by atoms with Crippen LogP contribution in [0.4, 0.5) is 0 Å². The van der Waals surface area contributed by atoms with Crippen molar-refractivity contribution in [2.24, 2.45) is 0 Å². The summed E-state index contributed by atoms with van der Waals surface area (Å²) in [6, 6.07) is 7.36. The van der Waals surface area contributed by atoms with Gasteiger partial charge in [0.2, 0.25) is 5.89 Å². The average molecular weight is 269 g/mol. The van der Waals surface area contributed by atoms with Crippen molar-refractivity contribution in [2.75, 3.05) is 5.75 Å². The van der Waals surface area contributed by atoms with E-state index in [1.165, 1.54) is 6.42 Å². The molecule has 0 amide bonds. The molecule has 0 spiro atoms. The highest BCUT2D eigenvalue weighted by Crippen LogP contribution is 2.24. The highest BCUT2D eigenvalue weighted by Gasteiger charge is 2.08. The number of thioether (sulfide) groups is 1. The predicted molar refractivity (Wildman–Crippen MR) is 70.4 cm³/mol. The lowest BCUT2D eigenvalue weighted by atomic mass is 10.2. The van der Waals surface area contributed by atoms with Gasteiger partial charge in [-0.3, -0.25) is 0 Å². The second kappa shape index (κ2) is 6.07. The highest BCUT2D eigenvalue weighted by atomic mass is 35.5. The van der Waals surface area contributed by atoms with Gasteiger partial charge < -0.3 is 4.42 Å². The number of hydrogen-bond acceptors (Lipinski definition) is 4. The zero-order chi connectivity index (χ0) is 12.1. The Balaban J connectivity index is 2.04. The Morgan fingerprint density at radius 1 is 1.24 bits per heavy atom. The van der Waals surface area contributed by atoms with E-state index in [1.54, 1.807) is 11.8 Å². The van der Waals surface area contributed by atoms with Crippen LogP contribution in [0.3, 0.4) is 0 Å². The molecule has 3 nitrogen and oxygen atoms in total. The first-order valence-electron chi connectivity index (χ1n) is 5.52. The van der Waals surface area contributed by atoms with Crippen molar-refractivity contribution in [2.45, 2.75) is 25.0 Å². The minimum absolute atomic E-state index is 0.542. The minimum atomic E-state index is 0.542. The van der Waals surface area contributed by atoms with Crippen molar-refractivity contribution in [3.05, 3.63) is 29.3 Å².